The molecule has 2 aliphatic heterocycles. The third-order valence-electron chi connectivity index (χ3n) is 6.52. The molecule has 0 bridgehead atoms. The first-order valence-corrected chi connectivity index (χ1v) is 11.5. The van der Waals surface area contributed by atoms with Crippen LogP contribution in [0.25, 0.3) is 5.70 Å². The van der Waals surface area contributed by atoms with E-state index >= 15 is 0 Å². The molecule has 0 radical (unpaired) electrons. The molecule has 35 heavy (non-hydrogen) atoms. The Balaban J connectivity index is 1.62. The van der Waals surface area contributed by atoms with E-state index in [1.54, 1.807) is 4.68 Å². The smallest absolute Gasteiger partial charge is 0.378 e. The van der Waals surface area contributed by atoms with Crippen LogP contribution in [-0.4, -0.2) is 27.8 Å². The summed E-state index contributed by atoms with van der Waals surface area (Å²) in [6.07, 6.45) is -0.363. The summed E-state index contributed by atoms with van der Waals surface area (Å²) in [7, 11) is 1.33. The van der Waals surface area contributed by atoms with Crippen LogP contribution in [0.5, 0.6) is 5.75 Å². The van der Waals surface area contributed by atoms with E-state index < -0.39 is 5.97 Å². The molecular formula is C28H24N4O3. The number of para-hydroxylation sites is 1. The predicted octanol–water partition coefficient (Wildman–Crippen LogP) is 5.24. The van der Waals surface area contributed by atoms with Gasteiger partial charge < -0.3 is 14.8 Å². The summed E-state index contributed by atoms with van der Waals surface area (Å²) in [4.78, 5) is 16.8. The minimum absolute atomic E-state index is 0.00745. The van der Waals surface area contributed by atoms with Crippen molar-refractivity contribution in [1.82, 2.24) is 14.8 Å². The van der Waals surface area contributed by atoms with Gasteiger partial charge in [0.2, 0.25) is 5.95 Å². The summed E-state index contributed by atoms with van der Waals surface area (Å²) >= 11 is 0. The Hall–Kier alpha value is -4.39. The number of nitrogens with zero attached hydrogens (tertiary/aromatic N) is 3. The summed E-state index contributed by atoms with van der Waals surface area (Å²) in [5.41, 5.74) is 7.26. The molecule has 0 saturated carbocycles. The Morgan fingerprint density at radius 2 is 1.60 bits per heavy atom. The quantitative estimate of drug-likeness (QED) is 0.418. The monoisotopic (exact) mass is 464 g/mol. The highest BCUT2D eigenvalue weighted by molar-refractivity contribution is 5.88. The van der Waals surface area contributed by atoms with Gasteiger partial charge in [-0.05, 0) is 37.1 Å². The number of carbonyl (C=O) groups is 1. The van der Waals surface area contributed by atoms with E-state index in [1.165, 1.54) is 12.7 Å². The first-order chi connectivity index (χ1) is 17.0. The Labute approximate surface area is 203 Å². The van der Waals surface area contributed by atoms with Crippen LogP contribution in [0, 0.1) is 13.8 Å². The molecule has 0 aliphatic carbocycles. The molecule has 7 nitrogen and oxygen atoms in total. The average molecular weight is 465 g/mol. The van der Waals surface area contributed by atoms with Gasteiger partial charge in [-0.1, -0.05) is 71.8 Å². The molecule has 0 spiro atoms. The molecule has 0 saturated heterocycles. The Kier molecular flexibility index (Phi) is 4.91. The maximum absolute atomic E-state index is 12.3. The molecule has 0 amide bonds. The number of benzene rings is 3. The van der Waals surface area contributed by atoms with Crippen LogP contribution in [0.15, 0.2) is 78.4 Å². The van der Waals surface area contributed by atoms with Crippen molar-refractivity contribution in [2.24, 2.45) is 0 Å². The molecule has 7 heteroatoms. The third kappa shape index (κ3) is 3.47. The molecule has 2 atom stereocenters. The van der Waals surface area contributed by atoms with E-state index in [4.69, 9.17) is 9.47 Å². The van der Waals surface area contributed by atoms with Crippen molar-refractivity contribution in [2.45, 2.75) is 26.0 Å². The van der Waals surface area contributed by atoms with Crippen LogP contribution >= 0.6 is 0 Å². The lowest BCUT2D eigenvalue weighted by Gasteiger charge is -2.39. The van der Waals surface area contributed by atoms with Gasteiger partial charge in [-0.2, -0.15) is 4.98 Å². The number of aryl methyl sites for hydroxylation is 2. The first kappa shape index (κ1) is 21.2. The van der Waals surface area contributed by atoms with Gasteiger partial charge in [-0.25, -0.2) is 9.48 Å². The molecule has 3 aromatic carbocycles. The number of hydrogen-bond acceptors (Lipinski definition) is 6. The largest absolute Gasteiger partial charge is 0.480 e. The normalized spacial score (nSPS) is 18.0. The van der Waals surface area contributed by atoms with Crippen LogP contribution < -0.4 is 10.1 Å². The second-order valence-electron chi connectivity index (χ2n) is 8.87. The van der Waals surface area contributed by atoms with Gasteiger partial charge in [0.05, 0.1) is 12.8 Å². The highest BCUT2D eigenvalue weighted by Gasteiger charge is 2.41. The molecule has 3 heterocycles. The van der Waals surface area contributed by atoms with E-state index in [0.29, 0.717) is 5.95 Å². The molecule has 1 N–H and O–H groups in total. The fourth-order valence-electron chi connectivity index (χ4n) is 4.74. The van der Waals surface area contributed by atoms with E-state index in [9.17, 15) is 4.79 Å². The van der Waals surface area contributed by atoms with Crippen LogP contribution in [0.3, 0.4) is 0 Å². The minimum Gasteiger partial charge on any atom is -0.480 e. The SMILES string of the molecule is COC(=O)c1nc2n(n1)[C@H](c1ccc(C)cc1)C1=C(N2)c2ccccc2O[C@@H]1c1ccc(C)cc1. The number of fused-ring (bicyclic) bond motifs is 3. The maximum atomic E-state index is 12.3. The maximum Gasteiger partial charge on any atom is 0.378 e. The van der Waals surface area contributed by atoms with E-state index in [-0.39, 0.29) is 18.0 Å². The van der Waals surface area contributed by atoms with Gasteiger partial charge in [0.15, 0.2) is 0 Å². The van der Waals surface area contributed by atoms with Crippen molar-refractivity contribution in [3.05, 3.63) is 112 Å². The second kappa shape index (κ2) is 8.13. The summed E-state index contributed by atoms with van der Waals surface area (Å²) in [5, 5.41) is 8.03. The van der Waals surface area contributed by atoms with E-state index in [2.05, 4.69) is 77.8 Å². The zero-order valence-corrected chi connectivity index (χ0v) is 19.6. The number of rotatable bonds is 3. The topological polar surface area (TPSA) is 78.3 Å². The third-order valence-corrected chi connectivity index (χ3v) is 6.52. The van der Waals surface area contributed by atoms with E-state index in [1.807, 2.05) is 24.3 Å². The van der Waals surface area contributed by atoms with Crippen molar-refractivity contribution in [2.75, 3.05) is 12.4 Å². The minimum atomic E-state index is -0.582. The first-order valence-electron chi connectivity index (χ1n) is 11.5. The van der Waals surface area contributed by atoms with Crippen LogP contribution in [-0.2, 0) is 4.74 Å². The van der Waals surface area contributed by atoms with Crippen LogP contribution in [0.4, 0.5) is 5.95 Å². The molecule has 0 unspecified atom stereocenters. The second-order valence-corrected chi connectivity index (χ2v) is 8.87. The van der Waals surface area contributed by atoms with Gasteiger partial charge in [0.1, 0.15) is 17.9 Å². The van der Waals surface area contributed by atoms with Crippen molar-refractivity contribution < 1.29 is 14.3 Å². The fraction of sp³-hybridized carbons (Fsp3) is 0.179. The lowest BCUT2D eigenvalue weighted by atomic mass is 9.84. The molecular weight excluding hydrogens is 440 g/mol. The Morgan fingerprint density at radius 3 is 2.29 bits per heavy atom. The zero-order valence-electron chi connectivity index (χ0n) is 19.6. The van der Waals surface area contributed by atoms with Crippen LogP contribution in [0.1, 0.15) is 50.6 Å². The Bertz CT molecular complexity index is 1470. The van der Waals surface area contributed by atoms with Crippen molar-refractivity contribution in [3.8, 4) is 5.75 Å². The molecule has 4 aromatic rings. The number of methoxy groups -OCH3 is 1. The lowest BCUT2D eigenvalue weighted by molar-refractivity contribution is 0.0586. The molecule has 2 aliphatic rings. The molecule has 174 valence electrons. The number of anilines is 1. The van der Waals surface area contributed by atoms with Gasteiger partial charge in [0, 0.05) is 11.1 Å². The number of hydrogen-bond donors (Lipinski definition) is 1. The number of ether oxygens (including phenoxy) is 2. The number of aromatic nitrogens is 3. The zero-order chi connectivity index (χ0) is 24.1. The highest BCUT2D eigenvalue weighted by atomic mass is 16.5. The standard InChI is InChI=1S/C28H24N4O3/c1-16-8-12-18(13-9-16)24-22-23(29-28-30-26(27(33)34-3)31-32(24)28)20-6-4-5-7-21(20)35-25(22)19-14-10-17(2)11-15-19/h4-15,24-25H,1-3H3,(H,29,30,31)/t24-,25-/m1/s1. The average Bonchev–Trinajstić information content (AvgIpc) is 3.31. The predicted molar refractivity (Wildman–Crippen MR) is 132 cm³/mol. The van der Waals surface area contributed by atoms with Crippen molar-refractivity contribution in [3.63, 3.8) is 0 Å². The van der Waals surface area contributed by atoms with Gasteiger partial charge in [-0.15, -0.1) is 5.10 Å². The van der Waals surface area contributed by atoms with Gasteiger partial charge in [0.25, 0.3) is 5.82 Å². The fourth-order valence-corrected chi connectivity index (χ4v) is 4.74. The summed E-state index contributed by atoms with van der Waals surface area (Å²) in [5.74, 6) is 0.691. The molecule has 6 rings (SSSR count). The number of esters is 1. The van der Waals surface area contributed by atoms with Crippen molar-refractivity contribution in [1.29, 1.82) is 0 Å². The van der Waals surface area contributed by atoms with Crippen molar-refractivity contribution >= 4 is 17.6 Å². The summed E-state index contributed by atoms with van der Waals surface area (Å²) < 4.78 is 13.3. The lowest BCUT2D eigenvalue weighted by Crippen LogP contribution is -2.32. The number of nitrogens with one attached hydrogen (secondary N) is 1. The van der Waals surface area contributed by atoms with Gasteiger partial charge >= 0.3 is 5.97 Å². The Morgan fingerprint density at radius 1 is 0.943 bits per heavy atom. The van der Waals surface area contributed by atoms with Crippen LogP contribution in [0.2, 0.25) is 0 Å². The van der Waals surface area contributed by atoms with E-state index in [0.717, 1.165) is 39.3 Å². The molecule has 0 fully saturated rings. The summed E-state index contributed by atoms with van der Waals surface area (Å²) in [6.45, 7) is 4.13. The summed E-state index contributed by atoms with van der Waals surface area (Å²) in [6, 6.07) is 24.3. The number of carbonyl (C=O) groups excluding carboxylic acids is 1. The van der Waals surface area contributed by atoms with Gasteiger partial charge in [-0.3, -0.25) is 0 Å². The molecule has 1 aromatic heterocycles. The highest BCUT2D eigenvalue weighted by Crippen LogP contribution is 2.50.